The van der Waals surface area contributed by atoms with E-state index in [9.17, 15) is 0 Å². The molecule has 1 unspecified atom stereocenters. The van der Waals surface area contributed by atoms with E-state index in [0.29, 0.717) is 0 Å². The first-order valence-electron chi connectivity index (χ1n) is 3.60. The summed E-state index contributed by atoms with van der Waals surface area (Å²) in [5.41, 5.74) is 3.12. The lowest BCUT2D eigenvalue weighted by Gasteiger charge is -2.14. The van der Waals surface area contributed by atoms with Gasteiger partial charge in [-0.25, -0.2) is 5.01 Å². The van der Waals surface area contributed by atoms with Gasteiger partial charge in [0, 0.05) is 19.6 Å². The molecule has 0 radical (unpaired) electrons. The summed E-state index contributed by atoms with van der Waals surface area (Å²) in [5, 5.41) is 11.1. The minimum Gasteiger partial charge on any atom is -0.392 e. The number of hydrogen-bond donors (Lipinski definition) is 2. The molecule has 1 aliphatic heterocycles. The lowest BCUT2D eigenvalue weighted by molar-refractivity contribution is 0.158. The first-order valence-corrected chi connectivity index (χ1v) is 3.60. The highest BCUT2D eigenvalue weighted by atomic mass is 16.3. The molecule has 1 fully saturated rings. The Morgan fingerprint density at radius 2 is 2.60 bits per heavy atom. The molecule has 2 N–H and O–H groups in total. The smallest absolute Gasteiger partial charge is 0.0693 e. The van der Waals surface area contributed by atoms with Crippen molar-refractivity contribution in [3.63, 3.8) is 0 Å². The number of nitrogens with zero attached hydrogens (tertiary/aromatic N) is 1. The second-order valence-electron chi connectivity index (χ2n) is 2.54. The fourth-order valence-electron chi connectivity index (χ4n) is 1.08. The lowest BCUT2D eigenvalue weighted by atomic mass is 10.3. The highest BCUT2D eigenvalue weighted by molar-refractivity contribution is 4.74. The second-order valence-corrected chi connectivity index (χ2v) is 2.54. The molecule has 0 amide bonds. The van der Waals surface area contributed by atoms with Gasteiger partial charge in [0.2, 0.25) is 0 Å². The van der Waals surface area contributed by atoms with Gasteiger partial charge in [-0.3, -0.25) is 5.43 Å². The third kappa shape index (κ3) is 2.10. The molecule has 0 aromatic heterocycles. The van der Waals surface area contributed by atoms with Crippen LogP contribution in [-0.2, 0) is 0 Å². The third-order valence-corrected chi connectivity index (χ3v) is 1.62. The zero-order chi connectivity index (χ0) is 7.40. The summed E-state index contributed by atoms with van der Waals surface area (Å²) < 4.78 is 0. The Morgan fingerprint density at radius 1 is 1.80 bits per heavy atom. The van der Waals surface area contributed by atoms with E-state index in [4.69, 9.17) is 5.11 Å². The fourth-order valence-corrected chi connectivity index (χ4v) is 1.08. The van der Waals surface area contributed by atoms with Crippen molar-refractivity contribution in [1.82, 2.24) is 10.4 Å². The number of hydrazine groups is 1. The van der Waals surface area contributed by atoms with Gasteiger partial charge in [0.1, 0.15) is 0 Å². The first kappa shape index (κ1) is 7.72. The summed E-state index contributed by atoms with van der Waals surface area (Å²) >= 11 is 0. The van der Waals surface area contributed by atoms with Crippen LogP contribution in [-0.4, -0.2) is 35.9 Å². The van der Waals surface area contributed by atoms with Crippen LogP contribution < -0.4 is 5.43 Å². The molecule has 58 valence electrons. The number of rotatable bonds is 3. The quantitative estimate of drug-likeness (QED) is 0.533. The maximum atomic E-state index is 9.09. The summed E-state index contributed by atoms with van der Waals surface area (Å²) in [6.45, 7) is 6.06. The maximum Gasteiger partial charge on any atom is 0.0693 e. The second kappa shape index (κ2) is 3.71. The molecule has 0 aromatic rings. The molecular weight excluding hydrogens is 128 g/mol. The maximum absolute atomic E-state index is 9.09. The Labute approximate surface area is 61.3 Å². The average molecular weight is 142 g/mol. The van der Waals surface area contributed by atoms with Gasteiger partial charge in [0.05, 0.1) is 6.10 Å². The molecule has 0 spiro atoms. The van der Waals surface area contributed by atoms with Crippen LogP contribution in [0, 0.1) is 0 Å². The SMILES string of the molecule is C=CCNN1CCC(O)C1. The monoisotopic (exact) mass is 142 g/mol. The van der Waals surface area contributed by atoms with E-state index in [0.717, 1.165) is 26.1 Å². The molecule has 0 bridgehead atoms. The number of hydrogen-bond acceptors (Lipinski definition) is 3. The fraction of sp³-hybridized carbons (Fsp3) is 0.714. The number of aliphatic hydroxyl groups is 1. The van der Waals surface area contributed by atoms with E-state index in [1.54, 1.807) is 0 Å². The van der Waals surface area contributed by atoms with Gasteiger partial charge >= 0.3 is 0 Å². The van der Waals surface area contributed by atoms with E-state index >= 15 is 0 Å². The predicted molar refractivity (Wildman–Crippen MR) is 40.4 cm³/mol. The van der Waals surface area contributed by atoms with Gasteiger partial charge in [-0.1, -0.05) is 6.08 Å². The van der Waals surface area contributed by atoms with Crippen LogP contribution in [0.1, 0.15) is 6.42 Å². The van der Waals surface area contributed by atoms with Crippen molar-refractivity contribution in [2.45, 2.75) is 12.5 Å². The van der Waals surface area contributed by atoms with Crippen molar-refractivity contribution in [1.29, 1.82) is 0 Å². The topological polar surface area (TPSA) is 35.5 Å². The van der Waals surface area contributed by atoms with Crippen molar-refractivity contribution in [3.05, 3.63) is 12.7 Å². The Bertz CT molecular complexity index is 116. The Balaban J connectivity index is 2.12. The Hall–Kier alpha value is -0.380. The van der Waals surface area contributed by atoms with Gasteiger partial charge in [0.25, 0.3) is 0 Å². The largest absolute Gasteiger partial charge is 0.392 e. The average Bonchev–Trinajstić information content (AvgIpc) is 2.31. The van der Waals surface area contributed by atoms with Gasteiger partial charge in [-0.2, -0.15) is 0 Å². The van der Waals surface area contributed by atoms with Crippen molar-refractivity contribution >= 4 is 0 Å². The molecule has 10 heavy (non-hydrogen) atoms. The molecule has 1 atom stereocenters. The van der Waals surface area contributed by atoms with E-state index in [-0.39, 0.29) is 6.10 Å². The van der Waals surface area contributed by atoms with Crippen LogP contribution in [0.2, 0.25) is 0 Å². The highest BCUT2D eigenvalue weighted by Gasteiger charge is 2.18. The van der Waals surface area contributed by atoms with E-state index in [1.165, 1.54) is 0 Å². The number of aliphatic hydroxyl groups excluding tert-OH is 1. The van der Waals surface area contributed by atoms with Crippen LogP contribution in [0.3, 0.4) is 0 Å². The molecule has 1 aliphatic rings. The van der Waals surface area contributed by atoms with Crippen LogP contribution in [0.5, 0.6) is 0 Å². The van der Waals surface area contributed by atoms with E-state index in [2.05, 4.69) is 12.0 Å². The van der Waals surface area contributed by atoms with Crippen LogP contribution in [0.15, 0.2) is 12.7 Å². The Morgan fingerprint density at radius 3 is 3.10 bits per heavy atom. The summed E-state index contributed by atoms with van der Waals surface area (Å²) in [6.07, 6.45) is 2.55. The van der Waals surface area contributed by atoms with Gasteiger partial charge in [-0.15, -0.1) is 6.58 Å². The molecule has 1 saturated heterocycles. The number of β-amino-alcohol motifs (C(OH)–C–C–N with tert-alkyl or cyclic N) is 1. The molecule has 3 heteroatoms. The lowest BCUT2D eigenvalue weighted by Crippen LogP contribution is -2.36. The molecule has 0 aromatic carbocycles. The summed E-state index contributed by atoms with van der Waals surface area (Å²) in [6, 6.07) is 0. The van der Waals surface area contributed by atoms with E-state index < -0.39 is 0 Å². The van der Waals surface area contributed by atoms with Crippen LogP contribution in [0.25, 0.3) is 0 Å². The highest BCUT2D eigenvalue weighted by Crippen LogP contribution is 2.04. The van der Waals surface area contributed by atoms with Crippen molar-refractivity contribution < 1.29 is 5.11 Å². The zero-order valence-corrected chi connectivity index (χ0v) is 6.08. The Kier molecular flexibility index (Phi) is 2.86. The standard InChI is InChI=1S/C7H14N2O/c1-2-4-8-9-5-3-7(10)6-9/h2,7-8,10H,1,3-6H2. The van der Waals surface area contributed by atoms with Crippen molar-refractivity contribution in [2.24, 2.45) is 0 Å². The minimum atomic E-state index is -0.141. The van der Waals surface area contributed by atoms with Gasteiger partial charge in [0.15, 0.2) is 0 Å². The van der Waals surface area contributed by atoms with E-state index in [1.807, 2.05) is 11.1 Å². The van der Waals surface area contributed by atoms with Gasteiger partial charge in [-0.05, 0) is 6.42 Å². The number of nitrogens with one attached hydrogen (secondary N) is 1. The van der Waals surface area contributed by atoms with Gasteiger partial charge < -0.3 is 5.11 Å². The summed E-state index contributed by atoms with van der Waals surface area (Å²) in [7, 11) is 0. The summed E-state index contributed by atoms with van der Waals surface area (Å²) in [5.74, 6) is 0. The zero-order valence-electron chi connectivity index (χ0n) is 6.08. The van der Waals surface area contributed by atoms with Crippen molar-refractivity contribution in [2.75, 3.05) is 19.6 Å². The molecular formula is C7H14N2O. The van der Waals surface area contributed by atoms with Crippen LogP contribution >= 0.6 is 0 Å². The molecule has 1 heterocycles. The normalized spacial score (nSPS) is 27.1. The third-order valence-electron chi connectivity index (χ3n) is 1.62. The van der Waals surface area contributed by atoms with Crippen molar-refractivity contribution in [3.8, 4) is 0 Å². The van der Waals surface area contributed by atoms with Crippen LogP contribution in [0.4, 0.5) is 0 Å². The molecule has 0 aliphatic carbocycles. The summed E-state index contributed by atoms with van der Waals surface area (Å²) in [4.78, 5) is 0. The minimum absolute atomic E-state index is 0.141. The first-order chi connectivity index (χ1) is 4.83. The molecule has 3 nitrogen and oxygen atoms in total. The molecule has 0 saturated carbocycles. The predicted octanol–water partition coefficient (Wildman–Crippen LogP) is -0.256. The molecule has 1 rings (SSSR count).